The summed E-state index contributed by atoms with van der Waals surface area (Å²) in [5.41, 5.74) is 0.882. The summed E-state index contributed by atoms with van der Waals surface area (Å²) in [6.07, 6.45) is 0. The maximum absolute atomic E-state index is 12.2. The van der Waals surface area contributed by atoms with E-state index in [-0.39, 0.29) is 17.0 Å². The van der Waals surface area contributed by atoms with E-state index in [1.54, 1.807) is 12.1 Å². The molecule has 8 heteroatoms. The summed E-state index contributed by atoms with van der Waals surface area (Å²) < 4.78 is 5.33. The molecule has 2 aliphatic rings. The lowest BCUT2D eigenvalue weighted by atomic mass is 10.2. The summed E-state index contributed by atoms with van der Waals surface area (Å²) in [7, 11) is 0. The van der Waals surface area contributed by atoms with Crippen molar-refractivity contribution in [2.24, 2.45) is 0 Å². The quantitative estimate of drug-likeness (QED) is 0.599. The highest BCUT2D eigenvalue weighted by Crippen LogP contribution is 2.39. The van der Waals surface area contributed by atoms with E-state index in [0.717, 1.165) is 38.4 Å². The molecule has 0 N–H and O–H groups in total. The predicted molar refractivity (Wildman–Crippen MR) is 87.3 cm³/mol. The largest absolute Gasteiger partial charge is 0.379 e. The summed E-state index contributed by atoms with van der Waals surface area (Å²) in [5.74, 6) is 0.524. The van der Waals surface area contributed by atoms with Gasteiger partial charge < -0.3 is 9.64 Å². The second kappa shape index (κ2) is 7.29. The molecule has 0 aliphatic carbocycles. The number of carbonyl (C=O) groups is 1. The Bertz CT molecular complexity index is 592. The molecule has 1 atom stereocenters. The second-order valence-corrected chi connectivity index (χ2v) is 6.63. The van der Waals surface area contributed by atoms with Crippen molar-refractivity contribution in [2.75, 3.05) is 45.1 Å². The van der Waals surface area contributed by atoms with Crippen LogP contribution >= 0.6 is 11.8 Å². The zero-order chi connectivity index (χ0) is 16.2. The molecule has 2 fully saturated rings. The number of nitro benzene ring substituents is 1. The fraction of sp³-hybridized carbons (Fsp3) is 0.533. The molecule has 7 nitrogen and oxygen atoms in total. The summed E-state index contributed by atoms with van der Waals surface area (Å²) in [4.78, 5) is 26.8. The fourth-order valence-corrected chi connectivity index (χ4v) is 4.05. The maximum Gasteiger partial charge on any atom is 0.269 e. The number of ether oxygens (including phenoxy) is 1. The minimum atomic E-state index is -0.400. The SMILES string of the molecule is O=C1CSC(c2cccc([N+](=O)[O-])c2)N1CCN1CCOCC1. The van der Waals surface area contributed by atoms with Gasteiger partial charge in [-0.15, -0.1) is 11.8 Å². The van der Waals surface area contributed by atoms with Crippen molar-refractivity contribution in [3.8, 4) is 0 Å². The van der Waals surface area contributed by atoms with Crippen molar-refractivity contribution in [2.45, 2.75) is 5.37 Å². The van der Waals surface area contributed by atoms with Crippen molar-refractivity contribution in [1.29, 1.82) is 0 Å². The van der Waals surface area contributed by atoms with E-state index in [1.807, 2.05) is 11.0 Å². The molecule has 2 aliphatic heterocycles. The highest BCUT2D eigenvalue weighted by Gasteiger charge is 2.33. The molecular weight excluding hydrogens is 318 g/mol. The predicted octanol–water partition coefficient (Wildman–Crippen LogP) is 1.50. The van der Waals surface area contributed by atoms with Crippen molar-refractivity contribution in [1.82, 2.24) is 9.80 Å². The molecule has 0 spiro atoms. The number of rotatable bonds is 5. The van der Waals surface area contributed by atoms with Crippen LogP contribution in [0.1, 0.15) is 10.9 Å². The third-order valence-corrected chi connectivity index (χ3v) is 5.35. The van der Waals surface area contributed by atoms with Gasteiger partial charge in [-0.3, -0.25) is 19.8 Å². The van der Waals surface area contributed by atoms with E-state index in [9.17, 15) is 14.9 Å². The Kier molecular flexibility index (Phi) is 5.14. The van der Waals surface area contributed by atoms with E-state index in [1.165, 1.54) is 17.8 Å². The fourth-order valence-electron chi connectivity index (χ4n) is 2.84. The minimum absolute atomic E-state index is 0.0654. The van der Waals surface area contributed by atoms with Crippen LogP contribution in [-0.2, 0) is 9.53 Å². The van der Waals surface area contributed by atoms with Gasteiger partial charge in [-0.25, -0.2) is 0 Å². The zero-order valence-electron chi connectivity index (χ0n) is 12.7. The molecule has 124 valence electrons. The number of carbonyl (C=O) groups excluding carboxylic acids is 1. The molecule has 3 rings (SSSR count). The molecule has 23 heavy (non-hydrogen) atoms. The third kappa shape index (κ3) is 3.82. The zero-order valence-corrected chi connectivity index (χ0v) is 13.5. The second-order valence-electron chi connectivity index (χ2n) is 5.56. The van der Waals surface area contributed by atoms with Gasteiger partial charge in [0, 0.05) is 38.3 Å². The molecule has 2 heterocycles. The van der Waals surface area contributed by atoms with Crippen LogP contribution in [0.4, 0.5) is 5.69 Å². The van der Waals surface area contributed by atoms with Crippen LogP contribution in [0.25, 0.3) is 0 Å². The van der Waals surface area contributed by atoms with Gasteiger partial charge >= 0.3 is 0 Å². The van der Waals surface area contributed by atoms with E-state index < -0.39 is 4.92 Å². The summed E-state index contributed by atoms with van der Waals surface area (Å²) in [6.45, 7) is 4.68. The molecule has 1 aromatic carbocycles. The lowest BCUT2D eigenvalue weighted by Crippen LogP contribution is -2.42. The number of hydrogen-bond acceptors (Lipinski definition) is 6. The van der Waals surface area contributed by atoms with Crippen molar-refractivity contribution < 1.29 is 14.5 Å². The number of nitrogens with zero attached hydrogens (tertiary/aromatic N) is 3. The molecule has 0 aromatic heterocycles. The van der Waals surface area contributed by atoms with E-state index in [4.69, 9.17) is 4.74 Å². The van der Waals surface area contributed by atoms with Gasteiger partial charge in [-0.05, 0) is 5.56 Å². The summed E-state index contributed by atoms with van der Waals surface area (Å²) in [6, 6.07) is 6.57. The highest BCUT2D eigenvalue weighted by molar-refractivity contribution is 8.00. The number of benzene rings is 1. The Hall–Kier alpha value is -1.64. The Morgan fingerprint density at radius 1 is 1.30 bits per heavy atom. The van der Waals surface area contributed by atoms with E-state index in [0.29, 0.717) is 12.3 Å². The van der Waals surface area contributed by atoms with Gasteiger partial charge in [0.15, 0.2) is 0 Å². The topological polar surface area (TPSA) is 75.9 Å². The van der Waals surface area contributed by atoms with Gasteiger partial charge in [0.2, 0.25) is 5.91 Å². The number of morpholine rings is 1. The monoisotopic (exact) mass is 337 g/mol. The van der Waals surface area contributed by atoms with Crippen LogP contribution < -0.4 is 0 Å². The normalized spacial score (nSPS) is 22.5. The summed E-state index contributed by atoms with van der Waals surface area (Å²) >= 11 is 1.53. The number of nitro groups is 1. The highest BCUT2D eigenvalue weighted by atomic mass is 32.2. The first-order valence-corrected chi connectivity index (χ1v) is 8.65. The van der Waals surface area contributed by atoms with Crippen LogP contribution in [0.3, 0.4) is 0 Å². The average molecular weight is 337 g/mol. The van der Waals surface area contributed by atoms with Crippen molar-refractivity contribution in [3.63, 3.8) is 0 Å². The molecule has 1 unspecified atom stereocenters. The summed E-state index contributed by atoms with van der Waals surface area (Å²) in [5, 5.41) is 10.8. The van der Waals surface area contributed by atoms with Crippen LogP contribution in [-0.4, -0.2) is 65.8 Å². The Morgan fingerprint density at radius 2 is 2.09 bits per heavy atom. The Balaban J connectivity index is 1.69. The molecule has 0 bridgehead atoms. The Morgan fingerprint density at radius 3 is 2.83 bits per heavy atom. The molecule has 1 aromatic rings. The minimum Gasteiger partial charge on any atom is -0.379 e. The number of amides is 1. The Labute approximate surface area is 138 Å². The number of hydrogen-bond donors (Lipinski definition) is 0. The van der Waals surface area contributed by atoms with Crippen molar-refractivity contribution >= 4 is 23.4 Å². The van der Waals surface area contributed by atoms with Gasteiger partial charge in [0.1, 0.15) is 5.37 Å². The lowest BCUT2D eigenvalue weighted by molar-refractivity contribution is -0.384. The van der Waals surface area contributed by atoms with Crippen LogP contribution in [0.2, 0.25) is 0 Å². The first-order valence-electron chi connectivity index (χ1n) is 7.60. The molecule has 0 saturated carbocycles. The first-order chi connectivity index (χ1) is 11.1. The van der Waals surface area contributed by atoms with Gasteiger partial charge in [-0.2, -0.15) is 0 Å². The van der Waals surface area contributed by atoms with Crippen LogP contribution in [0.5, 0.6) is 0 Å². The van der Waals surface area contributed by atoms with Gasteiger partial charge in [-0.1, -0.05) is 12.1 Å². The maximum atomic E-state index is 12.2. The first kappa shape index (κ1) is 16.2. The van der Waals surface area contributed by atoms with Gasteiger partial charge in [0.05, 0.1) is 23.9 Å². The molecular formula is C15H19N3O4S. The number of non-ortho nitro benzene ring substituents is 1. The third-order valence-electron chi connectivity index (χ3n) is 4.10. The van der Waals surface area contributed by atoms with Gasteiger partial charge in [0.25, 0.3) is 5.69 Å². The van der Waals surface area contributed by atoms with Crippen molar-refractivity contribution in [3.05, 3.63) is 39.9 Å². The lowest BCUT2D eigenvalue weighted by Gasteiger charge is -2.30. The molecule has 1 amide bonds. The molecule has 2 saturated heterocycles. The van der Waals surface area contributed by atoms with Crippen LogP contribution in [0, 0.1) is 10.1 Å². The smallest absolute Gasteiger partial charge is 0.269 e. The standard InChI is InChI=1S/C15H19N3O4S/c19-14-11-23-15(12-2-1-3-13(10-12)18(20)21)17(14)5-4-16-6-8-22-9-7-16/h1-3,10,15H,4-9,11H2. The van der Waals surface area contributed by atoms with E-state index in [2.05, 4.69) is 4.90 Å². The van der Waals surface area contributed by atoms with Crippen LogP contribution in [0.15, 0.2) is 24.3 Å². The number of thioether (sulfide) groups is 1. The van der Waals surface area contributed by atoms with E-state index >= 15 is 0 Å². The average Bonchev–Trinajstić information content (AvgIpc) is 2.95. The molecule has 0 radical (unpaired) electrons.